The Balaban J connectivity index is 1.30. The lowest BCUT2D eigenvalue weighted by molar-refractivity contribution is -0.0774. The molecule has 3 aliphatic heterocycles. The van der Waals surface area contributed by atoms with E-state index in [1.807, 2.05) is 24.3 Å². The van der Waals surface area contributed by atoms with Crippen LogP contribution in [0.4, 0.5) is 14.9 Å². The summed E-state index contributed by atoms with van der Waals surface area (Å²) in [5.41, 5.74) is 7.51. The molecule has 3 fully saturated rings. The molecular formula is C28H36FN5O5S. The van der Waals surface area contributed by atoms with Crippen molar-refractivity contribution in [1.29, 1.82) is 0 Å². The monoisotopic (exact) mass is 573 g/mol. The predicted octanol–water partition coefficient (Wildman–Crippen LogP) is 1.34. The van der Waals surface area contributed by atoms with E-state index in [1.165, 1.54) is 21.9 Å². The number of Topliss-reactive ketones (excluding diaryl/α,β-unsaturated/α-hetero) is 1. The van der Waals surface area contributed by atoms with Gasteiger partial charge in [0.25, 0.3) is 0 Å². The Kier molecular flexibility index (Phi) is 8.81. The molecule has 2 aromatic carbocycles. The maximum Gasteiger partial charge on any atom is 0.324 e. The highest BCUT2D eigenvalue weighted by Crippen LogP contribution is 2.24. The standard InChI is InChI=1S/C28H36FN5O5S/c29-26-15-22(27(35)16-30)3-4-23(26)18-34(28(36)33-11-13-40(37,38)14-12-33)24-5-1-21(2-6-24)17-31-7-9-32(10-8-31)25-19-39-20-25/h1-6,15,25H,7-14,16-20,30H2. The molecule has 0 unspecified atom stereocenters. The van der Waals surface area contributed by atoms with Crippen molar-refractivity contribution >= 4 is 27.3 Å². The second kappa shape index (κ2) is 12.3. The maximum absolute atomic E-state index is 15.0. The Bertz CT molecular complexity index is 1310. The van der Waals surface area contributed by atoms with Crippen molar-refractivity contribution in [3.63, 3.8) is 0 Å². The molecule has 0 saturated carbocycles. The second-order valence-electron chi connectivity index (χ2n) is 10.6. The number of rotatable bonds is 8. The van der Waals surface area contributed by atoms with Gasteiger partial charge in [-0.25, -0.2) is 17.6 Å². The number of nitrogens with two attached hydrogens (primary N) is 1. The normalized spacial score (nSPS) is 20.2. The Morgan fingerprint density at radius 2 is 1.65 bits per heavy atom. The largest absolute Gasteiger partial charge is 0.378 e. The van der Waals surface area contributed by atoms with Crippen molar-refractivity contribution in [2.24, 2.45) is 5.73 Å². The number of piperazine rings is 1. The average Bonchev–Trinajstić information content (AvgIpc) is 2.92. The number of benzene rings is 2. The van der Waals surface area contributed by atoms with Crippen LogP contribution in [0, 0.1) is 5.82 Å². The fourth-order valence-corrected chi connectivity index (χ4v) is 6.44. The van der Waals surface area contributed by atoms with E-state index >= 15 is 4.39 Å². The van der Waals surface area contributed by atoms with E-state index in [2.05, 4.69) is 9.80 Å². The van der Waals surface area contributed by atoms with Crippen LogP contribution >= 0.6 is 0 Å². The van der Waals surface area contributed by atoms with Crippen molar-refractivity contribution in [1.82, 2.24) is 14.7 Å². The summed E-state index contributed by atoms with van der Waals surface area (Å²) >= 11 is 0. The molecule has 2 amide bonds. The molecule has 2 aromatic rings. The van der Waals surface area contributed by atoms with Gasteiger partial charge >= 0.3 is 6.03 Å². The van der Waals surface area contributed by atoms with Crippen molar-refractivity contribution in [2.45, 2.75) is 19.1 Å². The van der Waals surface area contributed by atoms with Gasteiger partial charge in [-0.15, -0.1) is 0 Å². The minimum absolute atomic E-state index is 0.0722. The lowest BCUT2D eigenvalue weighted by atomic mass is 10.1. The summed E-state index contributed by atoms with van der Waals surface area (Å²) in [7, 11) is -3.18. The number of nitrogens with zero attached hydrogens (tertiary/aromatic N) is 4. The number of sulfone groups is 1. The molecule has 216 valence electrons. The highest BCUT2D eigenvalue weighted by atomic mass is 32.2. The number of anilines is 1. The number of hydrogen-bond donors (Lipinski definition) is 1. The first-order valence-corrected chi connectivity index (χ1v) is 15.5. The van der Waals surface area contributed by atoms with Gasteiger partial charge in [-0.2, -0.15) is 0 Å². The Hall–Kier alpha value is -2.90. The second-order valence-corrected chi connectivity index (χ2v) is 12.9. The predicted molar refractivity (Wildman–Crippen MR) is 149 cm³/mol. The minimum Gasteiger partial charge on any atom is -0.378 e. The van der Waals surface area contributed by atoms with Gasteiger partial charge in [-0.1, -0.05) is 24.3 Å². The summed E-state index contributed by atoms with van der Waals surface area (Å²) in [6, 6.07) is 11.9. The molecular weight excluding hydrogens is 537 g/mol. The van der Waals surface area contributed by atoms with E-state index in [0.717, 1.165) is 57.6 Å². The first-order chi connectivity index (χ1) is 19.2. The molecule has 3 saturated heterocycles. The molecule has 0 atom stereocenters. The number of ketones is 1. The third kappa shape index (κ3) is 6.69. The van der Waals surface area contributed by atoms with Crippen LogP contribution in [-0.4, -0.2) is 112 Å². The number of halogens is 1. The van der Waals surface area contributed by atoms with Gasteiger partial charge in [-0.3, -0.25) is 19.5 Å². The van der Waals surface area contributed by atoms with Gasteiger partial charge in [0, 0.05) is 62.6 Å². The minimum atomic E-state index is -3.18. The first kappa shape index (κ1) is 28.6. The average molecular weight is 574 g/mol. The van der Waals surface area contributed by atoms with E-state index < -0.39 is 15.7 Å². The number of hydrogen-bond acceptors (Lipinski definition) is 8. The van der Waals surface area contributed by atoms with Crippen LogP contribution in [0.15, 0.2) is 42.5 Å². The number of carbonyl (C=O) groups is 2. The van der Waals surface area contributed by atoms with Gasteiger partial charge in [0.1, 0.15) is 5.82 Å². The summed E-state index contributed by atoms with van der Waals surface area (Å²) in [5, 5.41) is 0. The molecule has 0 spiro atoms. The van der Waals surface area contributed by atoms with Gasteiger partial charge in [0.15, 0.2) is 15.6 Å². The summed E-state index contributed by atoms with van der Waals surface area (Å²) in [5.74, 6) is -1.18. The molecule has 10 nitrogen and oxygen atoms in total. The van der Waals surface area contributed by atoms with Crippen LogP contribution in [-0.2, 0) is 27.7 Å². The van der Waals surface area contributed by atoms with Crippen LogP contribution in [0.3, 0.4) is 0 Å². The highest BCUT2D eigenvalue weighted by molar-refractivity contribution is 7.91. The highest BCUT2D eigenvalue weighted by Gasteiger charge is 2.31. The number of carbonyl (C=O) groups excluding carboxylic acids is 2. The Morgan fingerprint density at radius 3 is 2.23 bits per heavy atom. The third-order valence-corrected chi connectivity index (χ3v) is 9.54. The molecule has 0 aliphatic carbocycles. The summed E-state index contributed by atoms with van der Waals surface area (Å²) in [6.07, 6.45) is 0. The SMILES string of the molecule is NCC(=O)c1ccc(CN(C(=O)N2CCS(=O)(=O)CC2)c2ccc(CN3CCN(C4COC4)CC3)cc2)c(F)c1. The molecule has 12 heteroatoms. The zero-order chi connectivity index (χ0) is 28.3. The zero-order valence-electron chi connectivity index (χ0n) is 22.5. The van der Waals surface area contributed by atoms with E-state index in [0.29, 0.717) is 11.7 Å². The molecule has 5 rings (SSSR count). The van der Waals surface area contributed by atoms with Gasteiger partial charge in [0.2, 0.25) is 0 Å². The fourth-order valence-electron chi connectivity index (χ4n) is 5.24. The molecule has 2 N–H and O–H groups in total. The fraction of sp³-hybridized carbons (Fsp3) is 0.500. The molecule has 3 heterocycles. The summed E-state index contributed by atoms with van der Waals surface area (Å²) < 4.78 is 44.2. The molecule has 3 aliphatic rings. The molecule has 0 radical (unpaired) electrons. The lowest BCUT2D eigenvalue weighted by Crippen LogP contribution is -2.56. The Labute approximate surface area is 234 Å². The third-order valence-electron chi connectivity index (χ3n) is 7.93. The van der Waals surface area contributed by atoms with Gasteiger partial charge in [-0.05, 0) is 23.8 Å². The maximum atomic E-state index is 15.0. The quantitative estimate of drug-likeness (QED) is 0.471. The van der Waals surface area contributed by atoms with Crippen LogP contribution in [0.2, 0.25) is 0 Å². The van der Waals surface area contributed by atoms with Crippen molar-refractivity contribution in [3.8, 4) is 0 Å². The zero-order valence-corrected chi connectivity index (χ0v) is 23.3. The van der Waals surface area contributed by atoms with E-state index in [-0.39, 0.29) is 60.6 Å². The Morgan fingerprint density at radius 1 is 0.975 bits per heavy atom. The molecule has 40 heavy (non-hydrogen) atoms. The van der Waals surface area contributed by atoms with E-state index in [1.54, 1.807) is 0 Å². The summed E-state index contributed by atoms with van der Waals surface area (Å²) in [4.78, 5) is 33.3. The first-order valence-electron chi connectivity index (χ1n) is 13.6. The number of urea groups is 1. The van der Waals surface area contributed by atoms with Crippen LogP contribution in [0.25, 0.3) is 0 Å². The molecule has 0 aromatic heterocycles. The van der Waals surface area contributed by atoms with Crippen molar-refractivity contribution in [3.05, 3.63) is 65.0 Å². The van der Waals surface area contributed by atoms with Crippen LogP contribution in [0.5, 0.6) is 0 Å². The topological polar surface area (TPSA) is 116 Å². The van der Waals surface area contributed by atoms with E-state index in [9.17, 15) is 18.0 Å². The summed E-state index contributed by atoms with van der Waals surface area (Å²) in [6.45, 7) is 6.29. The van der Waals surface area contributed by atoms with Gasteiger partial charge < -0.3 is 15.4 Å². The van der Waals surface area contributed by atoms with Gasteiger partial charge in [0.05, 0.1) is 43.9 Å². The van der Waals surface area contributed by atoms with Crippen molar-refractivity contribution < 1.29 is 27.1 Å². The van der Waals surface area contributed by atoms with Crippen LogP contribution < -0.4 is 10.6 Å². The smallest absolute Gasteiger partial charge is 0.324 e. The number of ether oxygens (including phenoxy) is 1. The van der Waals surface area contributed by atoms with Crippen LogP contribution in [0.1, 0.15) is 21.5 Å². The number of amides is 2. The lowest BCUT2D eigenvalue weighted by Gasteiger charge is -2.42. The molecule has 0 bridgehead atoms. The van der Waals surface area contributed by atoms with Crippen molar-refractivity contribution in [2.75, 3.05) is 75.4 Å². The van der Waals surface area contributed by atoms with E-state index in [4.69, 9.17) is 10.5 Å².